The fourth-order valence-electron chi connectivity index (χ4n) is 3.23. The number of benzene rings is 1. The van der Waals surface area contributed by atoms with Crippen LogP contribution < -0.4 is 5.32 Å². The monoisotopic (exact) mass is 435 g/mol. The Kier molecular flexibility index (Phi) is 9.64. The number of amides is 1. The van der Waals surface area contributed by atoms with Gasteiger partial charge in [0.1, 0.15) is 24.9 Å². The van der Waals surface area contributed by atoms with Crippen molar-refractivity contribution in [1.82, 2.24) is 5.32 Å². The van der Waals surface area contributed by atoms with Crippen LogP contribution in [0.4, 0.5) is 0 Å². The average molecular weight is 435 g/mol. The molecule has 170 valence electrons. The molecule has 1 amide bonds. The molecule has 0 aliphatic carbocycles. The fourth-order valence-corrected chi connectivity index (χ4v) is 3.23. The second-order valence-corrected chi connectivity index (χ2v) is 7.03. The molecule has 1 aromatic carbocycles. The molecular weight excluding hydrogens is 406 g/mol. The minimum absolute atomic E-state index is 0.144. The summed E-state index contributed by atoms with van der Waals surface area (Å²) in [4.78, 5) is 35.1. The van der Waals surface area contributed by atoms with E-state index in [0.717, 1.165) is 5.56 Å². The van der Waals surface area contributed by atoms with Gasteiger partial charge in [0.2, 0.25) is 5.91 Å². The van der Waals surface area contributed by atoms with Gasteiger partial charge < -0.3 is 29.0 Å². The maximum Gasteiger partial charge on any atom is 0.303 e. The van der Waals surface area contributed by atoms with Crippen LogP contribution in [0.25, 0.3) is 0 Å². The first kappa shape index (κ1) is 24.5. The first-order valence-electron chi connectivity index (χ1n) is 9.93. The third-order valence-corrected chi connectivity index (χ3v) is 4.43. The Hall–Kier alpha value is -2.75. The van der Waals surface area contributed by atoms with Crippen molar-refractivity contribution in [1.29, 1.82) is 0 Å². The Labute approximate surface area is 181 Å². The number of rotatable bonds is 10. The van der Waals surface area contributed by atoms with Crippen LogP contribution in [-0.4, -0.2) is 61.7 Å². The van der Waals surface area contributed by atoms with Crippen LogP contribution in [0.3, 0.4) is 0 Å². The molecule has 2 rings (SSSR count). The van der Waals surface area contributed by atoms with Crippen LogP contribution in [0.5, 0.6) is 0 Å². The first-order valence-corrected chi connectivity index (χ1v) is 9.93. The lowest BCUT2D eigenvalue weighted by atomic mass is 9.96. The highest BCUT2D eigenvalue weighted by molar-refractivity contribution is 5.73. The Bertz CT molecular complexity index is 753. The summed E-state index contributed by atoms with van der Waals surface area (Å²) in [5.74, 6) is -1.42. The minimum atomic E-state index is -0.957. The SMILES string of the molecule is C=CCO[C@H]1O[C@H](COC(C)=O)[C@@H](OC(C)=O)[C@H](OCc2ccccc2)[C@H]1NC(C)=O. The van der Waals surface area contributed by atoms with Crippen molar-refractivity contribution < 1.29 is 38.1 Å². The largest absolute Gasteiger partial charge is 0.463 e. The zero-order valence-electron chi connectivity index (χ0n) is 17.9. The summed E-state index contributed by atoms with van der Waals surface area (Å²) in [6.07, 6.45) is -2.07. The number of carbonyl (C=O) groups excluding carboxylic acids is 3. The molecule has 0 unspecified atom stereocenters. The molecular formula is C22H29NO8. The molecule has 1 saturated heterocycles. The number of carbonyl (C=O) groups is 3. The van der Waals surface area contributed by atoms with Gasteiger partial charge in [0, 0.05) is 20.8 Å². The molecule has 9 heteroatoms. The number of nitrogens with one attached hydrogen (secondary N) is 1. The van der Waals surface area contributed by atoms with Crippen molar-refractivity contribution in [3.63, 3.8) is 0 Å². The zero-order chi connectivity index (χ0) is 22.8. The third-order valence-electron chi connectivity index (χ3n) is 4.43. The van der Waals surface area contributed by atoms with Crippen LogP contribution in [0.2, 0.25) is 0 Å². The highest BCUT2D eigenvalue weighted by atomic mass is 16.7. The summed E-state index contributed by atoms with van der Waals surface area (Å²) in [5.41, 5.74) is 0.886. The standard InChI is InChI=1S/C22H29NO8/c1-5-11-27-22-19(23-14(2)24)21(29-12-17-9-7-6-8-10-17)20(30-16(4)26)18(31-22)13-28-15(3)25/h5-10,18-22H,1,11-13H2,2-4H3,(H,23,24)/t18-,19-,20-,21-,22+/m1/s1. The van der Waals surface area contributed by atoms with Crippen molar-refractivity contribution >= 4 is 17.8 Å². The van der Waals surface area contributed by atoms with Crippen molar-refractivity contribution in [2.45, 2.75) is 58.0 Å². The average Bonchev–Trinajstić information content (AvgIpc) is 2.71. The van der Waals surface area contributed by atoms with Crippen molar-refractivity contribution in [3.05, 3.63) is 48.6 Å². The molecule has 1 aliphatic rings. The summed E-state index contributed by atoms with van der Waals surface area (Å²) >= 11 is 0. The minimum Gasteiger partial charge on any atom is -0.463 e. The lowest BCUT2D eigenvalue weighted by Gasteiger charge is -2.45. The van der Waals surface area contributed by atoms with Gasteiger partial charge in [-0.15, -0.1) is 6.58 Å². The molecule has 1 aliphatic heterocycles. The second kappa shape index (κ2) is 12.2. The summed E-state index contributed by atoms with van der Waals surface area (Å²) in [7, 11) is 0. The molecule has 1 aromatic rings. The quantitative estimate of drug-likeness (QED) is 0.435. The van der Waals surface area contributed by atoms with Gasteiger partial charge >= 0.3 is 11.9 Å². The van der Waals surface area contributed by atoms with E-state index in [1.807, 2.05) is 30.3 Å². The van der Waals surface area contributed by atoms with Gasteiger partial charge in [-0.1, -0.05) is 36.4 Å². The molecule has 0 bridgehead atoms. The fraction of sp³-hybridized carbons (Fsp3) is 0.500. The summed E-state index contributed by atoms with van der Waals surface area (Å²) in [6, 6.07) is 8.60. The molecule has 1 N–H and O–H groups in total. The smallest absolute Gasteiger partial charge is 0.303 e. The third kappa shape index (κ3) is 7.78. The predicted octanol–water partition coefficient (Wildman–Crippen LogP) is 1.50. The van der Waals surface area contributed by atoms with E-state index < -0.39 is 42.6 Å². The topological polar surface area (TPSA) is 109 Å². The Morgan fingerprint density at radius 3 is 2.35 bits per heavy atom. The number of ether oxygens (including phenoxy) is 5. The van der Waals surface area contributed by atoms with E-state index in [2.05, 4.69) is 11.9 Å². The van der Waals surface area contributed by atoms with Gasteiger partial charge in [-0.05, 0) is 5.56 Å². The van der Waals surface area contributed by atoms with E-state index in [-0.39, 0.29) is 25.7 Å². The molecule has 1 fully saturated rings. The van der Waals surface area contributed by atoms with Crippen molar-refractivity contribution in [3.8, 4) is 0 Å². The molecule has 0 saturated carbocycles. The highest BCUT2D eigenvalue weighted by Crippen LogP contribution is 2.28. The molecule has 31 heavy (non-hydrogen) atoms. The van der Waals surface area contributed by atoms with Gasteiger partial charge in [-0.25, -0.2) is 0 Å². The normalized spacial score (nSPS) is 25.3. The van der Waals surface area contributed by atoms with E-state index in [9.17, 15) is 14.4 Å². The van der Waals surface area contributed by atoms with Crippen LogP contribution in [-0.2, 0) is 44.7 Å². The number of esters is 2. The van der Waals surface area contributed by atoms with E-state index in [1.165, 1.54) is 26.8 Å². The summed E-state index contributed by atoms with van der Waals surface area (Å²) in [5, 5.41) is 2.77. The van der Waals surface area contributed by atoms with E-state index in [0.29, 0.717) is 0 Å². The Morgan fingerprint density at radius 2 is 1.77 bits per heavy atom. The summed E-state index contributed by atoms with van der Waals surface area (Å²) < 4.78 is 28.4. The molecule has 9 nitrogen and oxygen atoms in total. The zero-order valence-corrected chi connectivity index (χ0v) is 17.9. The van der Waals surface area contributed by atoms with Crippen LogP contribution in [0.1, 0.15) is 26.3 Å². The lowest BCUT2D eigenvalue weighted by Crippen LogP contribution is -2.66. The summed E-state index contributed by atoms with van der Waals surface area (Å²) in [6.45, 7) is 7.64. The van der Waals surface area contributed by atoms with E-state index >= 15 is 0 Å². The maximum absolute atomic E-state index is 11.9. The second-order valence-electron chi connectivity index (χ2n) is 7.03. The van der Waals surface area contributed by atoms with Crippen molar-refractivity contribution in [2.24, 2.45) is 0 Å². The number of hydrogen-bond donors (Lipinski definition) is 1. The lowest BCUT2D eigenvalue weighted by molar-refractivity contribution is -0.280. The van der Waals surface area contributed by atoms with E-state index in [4.69, 9.17) is 23.7 Å². The van der Waals surface area contributed by atoms with Crippen LogP contribution >= 0.6 is 0 Å². The van der Waals surface area contributed by atoms with Crippen LogP contribution in [0.15, 0.2) is 43.0 Å². The maximum atomic E-state index is 11.9. The predicted molar refractivity (Wildman–Crippen MR) is 110 cm³/mol. The van der Waals surface area contributed by atoms with Gasteiger partial charge in [-0.2, -0.15) is 0 Å². The Balaban J connectivity index is 2.36. The highest BCUT2D eigenvalue weighted by Gasteiger charge is 2.50. The van der Waals surface area contributed by atoms with E-state index in [1.54, 1.807) is 0 Å². The molecule has 0 radical (unpaired) electrons. The molecule has 1 heterocycles. The van der Waals surface area contributed by atoms with Gasteiger partial charge in [0.05, 0.1) is 13.2 Å². The van der Waals surface area contributed by atoms with Crippen molar-refractivity contribution in [2.75, 3.05) is 13.2 Å². The number of hydrogen-bond acceptors (Lipinski definition) is 8. The van der Waals surface area contributed by atoms with Crippen LogP contribution in [0, 0.1) is 0 Å². The molecule has 0 aromatic heterocycles. The van der Waals surface area contributed by atoms with Gasteiger partial charge in [0.25, 0.3) is 0 Å². The Morgan fingerprint density at radius 1 is 1.06 bits per heavy atom. The van der Waals surface area contributed by atoms with Gasteiger partial charge in [0.15, 0.2) is 12.4 Å². The molecule has 5 atom stereocenters. The molecule has 0 spiro atoms. The van der Waals surface area contributed by atoms with Gasteiger partial charge in [-0.3, -0.25) is 14.4 Å². The first-order chi connectivity index (χ1) is 14.8.